The summed E-state index contributed by atoms with van der Waals surface area (Å²) in [5.41, 5.74) is 1.84. The highest BCUT2D eigenvalue weighted by Gasteiger charge is 2.41. The summed E-state index contributed by atoms with van der Waals surface area (Å²) in [6.07, 6.45) is 1.24. The van der Waals surface area contributed by atoms with Gasteiger partial charge < -0.3 is 5.32 Å². The fourth-order valence-electron chi connectivity index (χ4n) is 2.93. The first-order valence-corrected chi connectivity index (χ1v) is 11.1. The number of Topliss-reactive ketones (excluding diaryl/α,β-unsaturated/α-hetero) is 1. The number of ketones is 1. The number of benzene rings is 2. The van der Waals surface area contributed by atoms with E-state index in [0.29, 0.717) is 21.3 Å². The topological polar surface area (TPSA) is 66.5 Å². The number of hydrogen-bond acceptors (Lipinski definition) is 5. The molecular formula is C20H15ClN2O3S2. The number of hydrogen-bond donors (Lipinski definition) is 1. The van der Waals surface area contributed by atoms with Gasteiger partial charge >= 0.3 is 0 Å². The highest BCUT2D eigenvalue weighted by molar-refractivity contribution is 7.97. The van der Waals surface area contributed by atoms with Gasteiger partial charge in [0, 0.05) is 16.9 Å². The quantitative estimate of drug-likeness (QED) is 0.598. The van der Waals surface area contributed by atoms with Crippen molar-refractivity contribution in [3.05, 3.63) is 92.6 Å². The van der Waals surface area contributed by atoms with Crippen molar-refractivity contribution in [1.82, 2.24) is 0 Å². The average molecular weight is 431 g/mol. The standard InChI is InChI=1S/C20H15ClN2O3S2/c21-15-7-4-8-16(11-15)22-12-18-19(24)20-17(9-10-27-20)23(28(18,25)26)13-14-5-2-1-3-6-14/h1-12,22H,13H2. The lowest BCUT2D eigenvalue weighted by atomic mass is 10.2. The van der Waals surface area contributed by atoms with E-state index in [4.69, 9.17) is 11.6 Å². The van der Waals surface area contributed by atoms with Gasteiger partial charge in [-0.2, -0.15) is 0 Å². The highest BCUT2D eigenvalue weighted by Crippen LogP contribution is 2.39. The molecule has 3 aromatic rings. The minimum absolute atomic E-state index is 0.148. The van der Waals surface area contributed by atoms with Gasteiger partial charge in [-0.1, -0.05) is 48.0 Å². The molecule has 2 heterocycles. The number of rotatable bonds is 4. The molecule has 4 rings (SSSR count). The lowest BCUT2D eigenvalue weighted by Crippen LogP contribution is -2.38. The number of carbonyl (C=O) groups excluding carboxylic acids is 1. The fourth-order valence-corrected chi connectivity index (χ4v) is 5.61. The van der Waals surface area contributed by atoms with E-state index in [-0.39, 0.29) is 11.4 Å². The van der Waals surface area contributed by atoms with E-state index < -0.39 is 15.8 Å². The summed E-state index contributed by atoms with van der Waals surface area (Å²) in [7, 11) is -4.02. The number of allylic oxidation sites excluding steroid dienone is 1. The largest absolute Gasteiger partial charge is 0.360 e. The molecule has 0 spiro atoms. The molecule has 0 radical (unpaired) electrons. The molecule has 0 bridgehead atoms. The van der Waals surface area contributed by atoms with Crippen LogP contribution in [0.3, 0.4) is 0 Å². The zero-order valence-corrected chi connectivity index (χ0v) is 16.9. The Morgan fingerprint density at radius 2 is 1.86 bits per heavy atom. The molecule has 1 N–H and O–H groups in total. The lowest BCUT2D eigenvalue weighted by Gasteiger charge is -2.29. The van der Waals surface area contributed by atoms with Crippen molar-refractivity contribution < 1.29 is 13.2 Å². The Hall–Kier alpha value is -2.61. The number of halogens is 1. The summed E-state index contributed by atoms with van der Waals surface area (Å²) in [4.78, 5) is 13.0. The van der Waals surface area contributed by atoms with Gasteiger partial charge in [-0.3, -0.25) is 9.10 Å². The second kappa shape index (κ2) is 7.43. The Morgan fingerprint density at radius 3 is 2.61 bits per heavy atom. The molecule has 0 unspecified atom stereocenters. The first kappa shape index (κ1) is 18.7. The number of fused-ring (bicyclic) bond motifs is 1. The monoisotopic (exact) mass is 430 g/mol. The summed E-state index contributed by atoms with van der Waals surface area (Å²) < 4.78 is 27.8. The fraction of sp³-hybridized carbons (Fsp3) is 0.0500. The Morgan fingerprint density at radius 1 is 1.07 bits per heavy atom. The summed E-state index contributed by atoms with van der Waals surface area (Å²) in [5, 5.41) is 5.11. The van der Waals surface area contributed by atoms with E-state index in [2.05, 4.69) is 5.32 Å². The zero-order chi connectivity index (χ0) is 19.7. The Balaban J connectivity index is 1.75. The molecule has 1 aliphatic heterocycles. The minimum Gasteiger partial charge on any atom is -0.360 e. The predicted molar refractivity (Wildman–Crippen MR) is 113 cm³/mol. The van der Waals surface area contributed by atoms with Gasteiger partial charge in [0.05, 0.1) is 12.2 Å². The van der Waals surface area contributed by atoms with E-state index in [0.717, 1.165) is 5.56 Å². The number of sulfonamides is 1. The van der Waals surface area contributed by atoms with Gasteiger partial charge in [0.25, 0.3) is 10.0 Å². The average Bonchev–Trinajstić information content (AvgIpc) is 3.15. The Kier molecular flexibility index (Phi) is 4.97. The van der Waals surface area contributed by atoms with Crippen LogP contribution in [0, 0.1) is 0 Å². The Labute approximate surface area is 171 Å². The predicted octanol–water partition coefficient (Wildman–Crippen LogP) is 4.89. The third-order valence-electron chi connectivity index (χ3n) is 4.27. The van der Waals surface area contributed by atoms with Crippen LogP contribution in [0.5, 0.6) is 0 Å². The molecule has 28 heavy (non-hydrogen) atoms. The molecule has 2 aromatic carbocycles. The van der Waals surface area contributed by atoms with Crippen LogP contribution in [-0.2, 0) is 16.6 Å². The number of nitrogens with one attached hydrogen (secondary N) is 1. The van der Waals surface area contributed by atoms with Crippen LogP contribution in [0.2, 0.25) is 5.02 Å². The van der Waals surface area contributed by atoms with Crippen LogP contribution >= 0.6 is 22.9 Å². The first-order chi connectivity index (χ1) is 13.5. The van der Waals surface area contributed by atoms with E-state index >= 15 is 0 Å². The number of thiophene rings is 1. The third-order valence-corrected chi connectivity index (χ3v) is 7.18. The summed E-state index contributed by atoms with van der Waals surface area (Å²) in [5.74, 6) is -0.510. The van der Waals surface area contributed by atoms with Crippen LogP contribution in [0.15, 0.2) is 77.1 Å². The number of anilines is 2. The molecule has 5 nitrogen and oxygen atoms in total. The van der Waals surface area contributed by atoms with Crippen LogP contribution in [0.4, 0.5) is 11.4 Å². The van der Waals surface area contributed by atoms with Gasteiger partial charge in [-0.15, -0.1) is 11.3 Å². The molecule has 1 aliphatic rings. The van der Waals surface area contributed by atoms with Crippen LogP contribution in [0.25, 0.3) is 0 Å². The molecule has 8 heteroatoms. The van der Waals surface area contributed by atoms with Crippen molar-refractivity contribution >= 4 is 50.1 Å². The molecule has 0 fully saturated rings. The van der Waals surface area contributed by atoms with Gasteiger partial charge in [0.2, 0.25) is 5.78 Å². The smallest absolute Gasteiger partial charge is 0.270 e. The third kappa shape index (κ3) is 3.44. The Bertz CT molecular complexity index is 1170. The highest BCUT2D eigenvalue weighted by atomic mass is 35.5. The lowest BCUT2D eigenvalue weighted by molar-refractivity contribution is 0.104. The van der Waals surface area contributed by atoms with E-state index in [1.54, 1.807) is 35.7 Å². The minimum atomic E-state index is -4.02. The van der Waals surface area contributed by atoms with Crippen molar-refractivity contribution in [2.24, 2.45) is 0 Å². The summed E-state index contributed by atoms with van der Waals surface area (Å²) >= 11 is 7.20. The maximum absolute atomic E-state index is 13.3. The van der Waals surface area contributed by atoms with Crippen molar-refractivity contribution in [3.8, 4) is 0 Å². The molecule has 0 saturated heterocycles. The van der Waals surface area contributed by atoms with E-state index in [9.17, 15) is 13.2 Å². The maximum Gasteiger partial charge on any atom is 0.270 e. The van der Waals surface area contributed by atoms with Gasteiger partial charge in [0.15, 0.2) is 4.91 Å². The molecule has 0 atom stereocenters. The van der Waals surface area contributed by atoms with Crippen molar-refractivity contribution in [2.45, 2.75) is 6.54 Å². The summed E-state index contributed by atoms with van der Waals surface area (Å²) in [6, 6.07) is 17.8. The molecule has 0 aliphatic carbocycles. The second-order valence-corrected chi connectivity index (χ2v) is 9.31. The van der Waals surface area contributed by atoms with E-state index in [1.165, 1.54) is 21.8 Å². The zero-order valence-electron chi connectivity index (χ0n) is 14.5. The first-order valence-electron chi connectivity index (χ1n) is 8.38. The van der Waals surface area contributed by atoms with Gasteiger partial charge in [-0.05, 0) is 35.2 Å². The van der Waals surface area contributed by atoms with Crippen LogP contribution in [0.1, 0.15) is 15.2 Å². The normalized spacial score (nSPS) is 16.8. The summed E-state index contributed by atoms with van der Waals surface area (Å²) in [6.45, 7) is 0.148. The van der Waals surface area contributed by atoms with Crippen LogP contribution in [-0.4, -0.2) is 14.2 Å². The number of nitrogens with zero attached hydrogens (tertiary/aromatic N) is 1. The molecule has 0 amide bonds. The van der Waals surface area contributed by atoms with Gasteiger partial charge in [-0.25, -0.2) is 8.42 Å². The second-order valence-electron chi connectivity index (χ2n) is 6.12. The SMILES string of the molecule is O=C1C(=CNc2cccc(Cl)c2)S(=O)(=O)N(Cc2ccccc2)c2ccsc21. The van der Waals surface area contributed by atoms with Crippen LogP contribution < -0.4 is 9.62 Å². The molecule has 0 saturated carbocycles. The number of carbonyl (C=O) groups is 1. The maximum atomic E-state index is 13.3. The molecule has 1 aromatic heterocycles. The molecule has 142 valence electrons. The van der Waals surface area contributed by atoms with Crippen molar-refractivity contribution in [2.75, 3.05) is 9.62 Å². The molecular weight excluding hydrogens is 416 g/mol. The van der Waals surface area contributed by atoms with Crippen molar-refractivity contribution in [3.63, 3.8) is 0 Å². The van der Waals surface area contributed by atoms with Crippen molar-refractivity contribution in [1.29, 1.82) is 0 Å². The van der Waals surface area contributed by atoms with Gasteiger partial charge in [0.1, 0.15) is 4.88 Å². The van der Waals surface area contributed by atoms with E-state index in [1.807, 2.05) is 30.3 Å².